The van der Waals surface area contributed by atoms with Gasteiger partial charge < -0.3 is 10.1 Å². The molecule has 20 heavy (non-hydrogen) atoms. The molecule has 0 saturated carbocycles. The molecule has 1 aromatic heterocycles. The van der Waals surface area contributed by atoms with Crippen LogP contribution in [0.3, 0.4) is 0 Å². The minimum Gasteiger partial charge on any atom is -0.462 e. The van der Waals surface area contributed by atoms with Gasteiger partial charge >= 0.3 is 5.97 Å². The van der Waals surface area contributed by atoms with E-state index in [0.29, 0.717) is 12.2 Å². The number of anilines is 1. The third-order valence-electron chi connectivity index (χ3n) is 3.19. The number of rotatable bonds is 5. The molecular formula is C16H20N2O2. The fraction of sp³-hybridized carbons (Fsp3) is 0.375. The molecule has 0 bridgehead atoms. The smallest absolute Gasteiger partial charge is 0.341 e. The van der Waals surface area contributed by atoms with Crippen molar-refractivity contribution in [3.63, 3.8) is 0 Å². The molecule has 106 valence electrons. The molecule has 2 aromatic rings. The van der Waals surface area contributed by atoms with E-state index in [-0.39, 0.29) is 5.97 Å². The van der Waals surface area contributed by atoms with Crippen LogP contribution in [-0.2, 0) is 11.2 Å². The molecule has 0 fully saturated rings. The van der Waals surface area contributed by atoms with Gasteiger partial charge in [0.15, 0.2) is 0 Å². The molecule has 0 aliphatic heterocycles. The third-order valence-corrected chi connectivity index (χ3v) is 3.19. The first kappa shape index (κ1) is 14.3. The summed E-state index contributed by atoms with van der Waals surface area (Å²) in [5, 5.41) is 4.24. The Balaban J connectivity index is 2.63. The molecule has 0 spiro atoms. The Morgan fingerprint density at radius 2 is 2.10 bits per heavy atom. The first-order chi connectivity index (χ1) is 9.71. The number of benzene rings is 1. The van der Waals surface area contributed by atoms with Crippen molar-refractivity contribution in [1.29, 1.82) is 0 Å². The van der Waals surface area contributed by atoms with E-state index in [9.17, 15) is 4.79 Å². The normalized spacial score (nSPS) is 10.6. The highest BCUT2D eigenvalue weighted by Crippen LogP contribution is 2.27. The minimum atomic E-state index is -0.334. The van der Waals surface area contributed by atoms with Crippen molar-refractivity contribution in [1.82, 2.24) is 4.98 Å². The van der Waals surface area contributed by atoms with Gasteiger partial charge in [-0.1, -0.05) is 13.0 Å². The van der Waals surface area contributed by atoms with E-state index < -0.39 is 0 Å². The number of ether oxygens (including phenoxy) is 1. The molecule has 0 unspecified atom stereocenters. The third kappa shape index (κ3) is 2.74. The molecule has 0 atom stereocenters. The number of aryl methyl sites for hydroxylation is 1. The van der Waals surface area contributed by atoms with E-state index in [4.69, 9.17) is 4.74 Å². The Morgan fingerprint density at radius 3 is 2.75 bits per heavy atom. The van der Waals surface area contributed by atoms with Crippen molar-refractivity contribution in [2.24, 2.45) is 0 Å². The van der Waals surface area contributed by atoms with Crippen LogP contribution in [0.1, 0.15) is 36.7 Å². The predicted octanol–water partition coefficient (Wildman–Crippen LogP) is 3.41. The maximum Gasteiger partial charge on any atom is 0.341 e. The lowest BCUT2D eigenvalue weighted by atomic mass is 10.0. The quantitative estimate of drug-likeness (QED) is 0.847. The second-order valence-electron chi connectivity index (χ2n) is 4.50. The van der Waals surface area contributed by atoms with E-state index in [0.717, 1.165) is 29.6 Å². The lowest BCUT2D eigenvalue weighted by Crippen LogP contribution is -2.11. The van der Waals surface area contributed by atoms with Crippen LogP contribution in [0.15, 0.2) is 24.4 Å². The van der Waals surface area contributed by atoms with Crippen LogP contribution >= 0.6 is 0 Å². The van der Waals surface area contributed by atoms with Crippen LogP contribution in [-0.4, -0.2) is 24.1 Å². The number of nitrogens with zero attached hydrogens (tertiary/aromatic N) is 1. The largest absolute Gasteiger partial charge is 0.462 e. The highest BCUT2D eigenvalue weighted by Gasteiger charge is 2.16. The standard InChI is InChI=1S/C16H20N2O2/c1-4-11-7-8-14-12(9-11)15(17-5-2)13(10-18-14)16(19)20-6-3/h7-10H,4-6H2,1-3H3,(H,17,18). The Kier molecular flexibility index (Phi) is 4.56. The molecule has 0 aliphatic rings. The number of fused-ring (bicyclic) bond motifs is 1. The van der Waals surface area contributed by atoms with Gasteiger partial charge in [-0.2, -0.15) is 0 Å². The average Bonchev–Trinajstić information content (AvgIpc) is 2.47. The highest BCUT2D eigenvalue weighted by molar-refractivity contribution is 6.05. The van der Waals surface area contributed by atoms with Gasteiger partial charge in [0.1, 0.15) is 5.56 Å². The first-order valence-electron chi connectivity index (χ1n) is 7.03. The van der Waals surface area contributed by atoms with Crippen molar-refractivity contribution in [2.75, 3.05) is 18.5 Å². The maximum absolute atomic E-state index is 12.0. The summed E-state index contributed by atoms with van der Waals surface area (Å²) in [6, 6.07) is 6.14. The molecule has 0 saturated heterocycles. The molecule has 4 nitrogen and oxygen atoms in total. The Hall–Kier alpha value is -2.10. The summed E-state index contributed by atoms with van der Waals surface area (Å²) in [5.41, 5.74) is 3.41. The lowest BCUT2D eigenvalue weighted by molar-refractivity contribution is 0.0527. The summed E-state index contributed by atoms with van der Waals surface area (Å²) in [6.45, 7) is 7.01. The number of nitrogens with one attached hydrogen (secondary N) is 1. The van der Waals surface area contributed by atoms with E-state index in [1.807, 2.05) is 13.0 Å². The summed E-state index contributed by atoms with van der Waals surface area (Å²) in [5.74, 6) is -0.334. The number of aromatic nitrogens is 1. The zero-order valence-corrected chi connectivity index (χ0v) is 12.2. The zero-order valence-electron chi connectivity index (χ0n) is 12.2. The molecule has 0 amide bonds. The van der Waals surface area contributed by atoms with Gasteiger partial charge in [-0.3, -0.25) is 4.98 Å². The fourth-order valence-corrected chi connectivity index (χ4v) is 2.19. The van der Waals surface area contributed by atoms with E-state index in [2.05, 4.69) is 29.4 Å². The van der Waals surface area contributed by atoms with Crippen LogP contribution in [0.2, 0.25) is 0 Å². The number of hydrogen-bond donors (Lipinski definition) is 1. The molecule has 1 heterocycles. The SMILES string of the molecule is CCNc1c(C(=O)OCC)cnc2ccc(CC)cc12. The Morgan fingerprint density at radius 1 is 1.30 bits per heavy atom. The number of carbonyl (C=O) groups is 1. The summed E-state index contributed by atoms with van der Waals surface area (Å²) in [7, 11) is 0. The van der Waals surface area contributed by atoms with Crippen LogP contribution < -0.4 is 5.32 Å². The first-order valence-corrected chi connectivity index (χ1v) is 7.03. The van der Waals surface area contributed by atoms with Gasteiger partial charge in [0.2, 0.25) is 0 Å². The molecule has 0 aliphatic carbocycles. The second kappa shape index (κ2) is 6.37. The van der Waals surface area contributed by atoms with Crippen molar-refractivity contribution in [3.05, 3.63) is 35.5 Å². The van der Waals surface area contributed by atoms with E-state index >= 15 is 0 Å². The summed E-state index contributed by atoms with van der Waals surface area (Å²) >= 11 is 0. The maximum atomic E-state index is 12.0. The number of esters is 1. The second-order valence-corrected chi connectivity index (χ2v) is 4.50. The van der Waals surface area contributed by atoms with E-state index in [1.54, 1.807) is 13.1 Å². The van der Waals surface area contributed by atoms with Crippen LogP contribution in [0.4, 0.5) is 5.69 Å². The number of hydrogen-bond acceptors (Lipinski definition) is 4. The summed E-state index contributed by atoms with van der Waals surface area (Å²) in [6.07, 6.45) is 2.54. The van der Waals surface area contributed by atoms with Crippen LogP contribution in [0, 0.1) is 0 Å². The average molecular weight is 272 g/mol. The molecule has 1 N–H and O–H groups in total. The van der Waals surface area contributed by atoms with Gasteiger partial charge in [-0.05, 0) is 38.0 Å². The van der Waals surface area contributed by atoms with Gasteiger partial charge in [-0.25, -0.2) is 4.79 Å². The molecular weight excluding hydrogens is 252 g/mol. The predicted molar refractivity (Wildman–Crippen MR) is 81.2 cm³/mol. The summed E-state index contributed by atoms with van der Waals surface area (Å²) < 4.78 is 5.10. The summed E-state index contributed by atoms with van der Waals surface area (Å²) in [4.78, 5) is 16.4. The van der Waals surface area contributed by atoms with Crippen molar-refractivity contribution < 1.29 is 9.53 Å². The number of carbonyl (C=O) groups excluding carboxylic acids is 1. The van der Waals surface area contributed by atoms with E-state index in [1.165, 1.54) is 5.56 Å². The monoisotopic (exact) mass is 272 g/mol. The van der Waals surface area contributed by atoms with Crippen molar-refractivity contribution in [3.8, 4) is 0 Å². The fourth-order valence-electron chi connectivity index (χ4n) is 2.19. The van der Waals surface area contributed by atoms with Gasteiger partial charge in [0, 0.05) is 18.1 Å². The topological polar surface area (TPSA) is 51.2 Å². The molecule has 1 aromatic carbocycles. The van der Waals surface area contributed by atoms with Crippen molar-refractivity contribution >= 4 is 22.6 Å². The molecule has 4 heteroatoms. The Labute approximate surface area is 119 Å². The van der Waals surface area contributed by atoms with Gasteiger partial charge in [0.05, 0.1) is 17.8 Å². The molecule has 0 radical (unpaired) electrons. The highest BCUT2D eigenvalue weighted by atomic mass is 16.5. The van der Waals surface area contributed by atoms with Gasteiger partial charge in [-0.15, -0.1) is 0 Å². The minimum absolute atomic E-state index is 0.334. The zero-order chi connectivity index (χ0) is 14.5. The van der Waals surface area contributed by atoms with Gasteiger partial charge in [0.25, 0.3) is 0 Å². The lowest BCUT2D eigenvalue weighted by Gasteiger charge is -2.13. The van der Waals surface area contributed by atoms with Crippen molar-refractivity contribution in [2.45, 2.75) is 27.2 Å². The number of pyridine rings is 1. The Bertz CT molecular complexity index is 623. The van der Waals surface area contributed by atoms with Crippen LogP contribution in [0.5, 0.6) is 0 Å². The van der Waals surface area contributed by atoms with Crippen LogP contribution in [0.25, 0.3) is 10.9 Å². The molecule has 2 rings (SSSR count).